The molecule has 0 fully saturated rings. The number of amides is 1. The quantitative estimate of drug-likeness (QED) is 0.723. The molecule has 0 bridgehead atoms. The molecule has 0 N–H and O–H groups in total. The molecular formula is C21H26NO3P. The van der Waals surface area contributed by atoms with Gasteiger partial charge in [-0.1, -0.05) is 48.0 Å². The van der Waals surface area contributed by atoms with Crippen LogP contribution in [0.25, 0.3) is 0 Å². The summed E-state index contributed by atoms with van der Waals surface area (Å²) in [5.41, 5.74) is 2.87. The maximum atomic E-state index is 13.9. The first-order valence-corrected chi connectivity index (χ1v) is 10.5. The molecule has 4 nitrogen and oxygen atoms in total. The van der Waals surface area contributed by atoms with Crippen LogP contribution in [-0.4, -0.2) is 36.6 Å². The van der Waals surface area contributed by atoms with Gasteiger partial charge in [0.05, 0.1) is 0 Å². The Morgan fingerprint density at radius 1 is 0.962 bits per heavy atom. The van der Waals surface area contributed by atoms with Gasteiger partial charge in [-0.15, -0.1) is 0 Å². The van der Waals surface area contributed by atoms with Gasteiger partial charge >= 0.3 is 0 Å². The maximum Gasteiger partial charge on any atom is 0.226 e. The van der Waals surface area contributed by atoms with Crippen molar-refractivity contribution in [3.63, 3.8) is 0 Å². The van der Waals surface area contributed by atoms with Gasteiger partial charge in [0.2, 0.25) is 11.4 Å². The van der Waals surface area contributed by atoms with Gasteiger partial charge in [-0.25, -0.2) is 0 Å². The van der Waals surface area contributed by atoms with Crippen LogP contribution in [0.4, 0.5) is 0 Å². The van der Waals surface area contributed by atoms with E-state index in [9.17, 15) is 14.2 Å². The van der Waals surface area contributed by atoms with Crippen LogP contribution in [0, 0.1) is 20.8 Å². The van der Waals surface area contributed by atoms with E-state index in [0.29, 0.717) is 10.9 Å². The number of carbonyl (C=O) groups excluding carboxylic acids is 2. The zero-order valence-corrected chi connectivity index (χ0v) is 17.0. The second-order valence-electron chi connectivity index (χ2n) is 6.92. The standard InChI is InChI=1S/C21H26NO3P/c1-15-13-16(2)20(17(3)14-15)21(24)26(25,12-11-19(23)22(4)5)18-9-7-6-8-10-18/h6-10,13-14H,11-12H2,1-5H3. The summed E-state index contributed by atoms with van der Waals surface area (Å²) in [5, 5.41) is 0.510. The summed E-state index contributed by atoms with van der Waals surface area (Å²) >= 11 is 0. The van der Waals surface area contributed by atoms with Crippen molar-refractivity contribution in [1.82, 2.24) is 4.90 Å². The summed E-state index contributed by atoms with van der Waals surface area (Å²) in [4.78, 5) is 26.9. The van der Waals surface area contributed by atoms with E-state index in [1.807, 2.05) is 39.0 Å². The van der Waals surface area contributed by atoms with E-state index in [0.717, 1.165) is 16.7 Å². The van der Waals surface area contributed by atoms with Crippen LogP contribution in [0.1, 0.15) is 33.5 Å². The minimum Gasteiger partial charge on any atom is -0.349 e. The van der Waals surface area contributed by atoms with Crippen molar-refractivity contribution >= 4 is 23.9 Å². The zero-order valence-electron chi connectivity index (χ0n) is 16.1. The van der Waals surface area contributed by atoms with Crippen molar-refractivity contribution in [2.75, 3.05) is 20.3 Å². The minimum atomic E-state index is -3.43. The van der Waals surface area contributed by atoms with Crippen molar-refractivity contribution in [3.8, 4) is 0 Å². The lowest BCUT2D eigenvalue weighted by molar-refractivity contribution is -0.128. The first-order chi connectivity index (χ1) is 12.2. The molecule has 0 aliphatic rings. The molecule has 1 unspecified atom stereocenters. The maximum absolute atomic E-state index is 13.9. The summed E-state index contributed by atoms with van der Waals surface area (Å²) in [6.45, 7) is 5.71. The Kier molecular flexibility index (Phi) is 6.20. The molecule has 5 heteroatoms. The molecule has 0 aliphatic heterocycles. The molecule has 0 saturated heterocycles. The largest absolute Gasteiger partial charge is 0.349 e. The highest BCUT2D eigenvalue weighted by Gasteiger charge is 2.36. The van der Waals surface area contributed by atoms with Crippen LogP contribution >= 0.6 is 7.14 Å². The van der Waals surface area contributed by atoms with Gasteiger partial charge in [0.15, 0.2) is 7.14 Å². The van der Waals surface area contributed by atoms with Crippen molar-refractivity contribution in [1.29, 1.82) is 0 Å². The van der Waals surface area contributed by atoms with Crippen molar-refractivity contribution in [2.24, 2.45) is 0 Å². The van der Waals surface area contributed by atoms with Crippen molar-refractivity contribution in [3.05, 3.63) is 64.7 Å². The summed E-state index contributed by atoms with van der Waals surface area (Å²) in [5.74, 6) is -0.133. The Morgan fingerprint density at radius 2 is 1.50 bits per heavy atom. The van der Waals surface area contributed by atoms with E-state index >= 15 is 0 Å². The number of hydrogen-bond acceptors (Lipinski definition) is 3. The van der Waals surface area contributed by atoms with Crippen LogP contribution < -0.4 is 5.30 Å². The molecule has 0 saturated carbocycles. The molecule has 1 atom stereocenters. The molecular weight excluding hydrogens is 345 g/mol. The lowest BCUT2D eigenvalue weighted by Gasteiger charge is -2.21. The van der Waals surface area contributed by atoms with E-state index in [-0.39, 0.29) is 24.0 Å². The Bertz CT molecular complexity index is 849. The van der Waals surface area contributed by atoms with Crippen LogP contribution in [0.3, 0.4) is 0 Å². The fourth-order valence-corrected chi connectivity index (χ4v) is 5.76. The third-order valence-corrected chi connectivity index (χ3v) is 7.40. The van der Waals surface area contributed by atoms with Gasteiger partial charge in [-0.3, -0.25) is 9.59 Å². The van der Waals surface area contributed by atoms with E-state index in [4.69, 9.17) is 0 Å². The molecule has 0 radical (unpaired) electrons. The number of nitrogens with zero attached hydrogens (tertiary/aromatic N) is 1. The van der Waals surface area contributed by atoms with Gasteiger partial charge in [0.1, 0.15) is 0 Å². The SMILES string of the molecule is Cc1cc(C)c(C(=O)P(=O)(CCC(=O)N(C)C)c2ccccc2)c(C)c1. The average molecular weight is 371 g/mol. The molecule has 0 aliphatic carbocycles. The van der Waals surface area contributed by atoms with Gasteiger partial charge in [0, 0.05) is 37.5 Å². The molecule has 1 amide bonds. The summed E-state index contributed by atoms with van der Waals surface area (Å²) in [6.07, 6.45) is 0.120. The van der Waals surface area contributed by atoms with Gasteiger partial charge in [0.25, 0.3) is 0 Å². The highest BCUT2D eigenvalue weighted by atomic mass is 31.2. The average Bonchev–Trinajstić information content (AvgIpc) is 2.59. The zero-order chi connectivity index (χ0) is 19.5. The number of hydrogen-bond donors (Lipinski definition) is 0. The Labute approximate surface area is 155 Å². The van der Waals surface area contributed by atoms with Crippen molar-refractivity contribution in [2.45, 2.75) is 27.2 Å². The second-order valence-corrected chi connectivity index (χ2v) is 9.77. The fourth-order valence-electron chi connectivity index (χ4n) is 3.19. The Morgan fingerprint density at radius 3 is 2.00 bits per heavy atom. The smallest absolute Gasteiger partial charge is 0.226 e. The number of aryl methyl sites for hydroxylation is 3. The molecule has 0 spiro atoms. The summed E-state index contributed by atoms with van der Waals surface area (Å²) < 4.78 is 13.9. The van der Waals surface area contributed by atoms with E-state index in [1.165, 1.54) is 4.90 Å². The normalized spacial score (nSPS) is 13.1. The monoisotopic (exact) mass is 371 g/mol. The lowest BCUT2D eigenvalue weighted by Crippen LogP contribution is -2.25. The number of benzene rings is 2. The molecule has 26 heavy (non-hydrogen) atoms. The predicted octanol–water partition coefficient (Wildman–Crippen LogP) is 3.92. The lowest BCUT2D eigenvalue weighted by atomic mass is 10.0. The number of carbonyl (C=O) groups is 2. The summed E-state index contributed by atoms with van der Waals surface area (Å²) in [6, 6.07) is 12.7. The van der Waals surface area contributed by atoms with E-state index in [1.54, 1.807) is 38.4 Å². The molecule has 2 rings (SSSR count). The molecule has 138 valence electrons. The van der Waals surface area contributed by atoms with E-state index in [2.05, 4.69) is 0 Å². The molecule has 0 heterocycles. The summed E-state index contributed by atoms with van der Waals surface area (Å²) in [7, 11) is -0.116. The first-order valence-electron chi connectivity index (χ1n) is 8.64. The van der Waals surface area contributed by atoms with Crippen LogP contribution in [0.5, 0.6) is 0 Å². The molecule has 0 aromatic heterocycles. The highest BCUT2D eigenvalue weighted by Crippen LogP contribution is 2.49. The highest BCUT2D eigenvalue weighted by molar-refractivity contribution is 7.87. The molecule has 2 aromatic carbocycles. The van der Waals surface area contributed by atoms with Crippen LogP contribution in [0.15, 0.2) is 42.5 Å². The van der Waals surface area contributed by atoms with Gasteiger partial charge in [-0.2, -0.15) is 0 Å². The topological polar surface area (TPSA) is 54.5 Å². The first kappa shape index (κ1) is 20.1. The second kappa shape index (κ2) is 8.01. The third kappa shape index (κ3) is 4.13. The Hall–Kier alpha value is -2.19. The van der Waals surface area contributed by atoms with Gasteiger partial charge < -0.3 is 9.46 Å². The minimum absolute atomic E-state index is 0.0413. The fraction of sp³-hybridized carbons (Fsp3) is 0.333. The number of rotatable bonds is 6. The van der Waals surface area contributed by atoms with E-state index < -0.39 is 7.14 Å². The third-order valence-electron chi connectivity index (χ3n) is 4.53. The van der Waals surface area contributed by atoms with Gasteiger partial charge in [-0.05, 0) is 31.9 Å². The van der Waals surface area contributed by atoms with Crippen molar-refractivity contribution < 1.29 is 14.2 Å². The van der Waals surface area contributed by atoms with Crippen LogP contribution in [-0.2, 0) is 9.36 Å². The predicted molar refractivity (Wildman–Crippen MR) is 107 cm³/mol. The Balaban J connectivity index is 2.53. The van der Waals surface area contributed by atoms with Crippen LogP contribution in [0.2, 0.25) is 0 Å². The molecule has 2 aromatic rings.